The minimum atomic E-state index is -1.54. The Kier molecular flexibility index (Phi) is 2.55. The smallest absolute Gasteiger partial charge is 0.0409 e. The monoisotopic (exact) mass is 170 g/mol. The third kappa shape index (κ3) is 2.48. The highest BCUT2D eigenvalue weighted by atomic mass is 35.7. The second-order valence-corrected chi connectivity index (χ2v) is 10.8. The molecule has 0 aliphatic rings. The molecule has 8 heavy (non-hydrogen) atoms. The van der Waals surface area contributed by atoms with Gasteiger partial charge >= 0.3 is 0 Å². The molecule has 0 aromatic rings. The van der Waals surface area contributed by atoms with Gasteiger partial charge in [-0.1, -0.05) is 43.8 Å². The summed E-state index contributed by atoms with van der Waals surface area (Å²) < 4.78 is 0. The predicted molar refractivity (Wildman–Crippen MR) is 45.8 cm³/mol. The second kappa shape index (κ2) is 2.28. The lowest BCUT2D eigenvalue weighted by atomic mass is 10.3. The molecular weight excluding hydrogens is 159 g/mol. The van der Waals surface area contributed by atoms with Crippen LogP contribution in [0.2, 0.25) is 0 Å². The van der Waals surface area contributed by atoms with Crippen molar-refractivity contribution < 1.29 is 0 Å². The van der Waals surface area contributed by atoms with Crippen molar-refractivity contribution in [3.05, 3.63) is 0 Å². The zero-order valence-electron chi connectivity index (χ0n) is 5.73. The maximum atomic E-state index is 5.94. The van der Waals surface area contributed by atoms with Gasteiger partial charge in [0.15, 0.2) is 0 Å². The van der Waals surface area contributed by atoms with Crippen molar-refractivity contribution in [1.29, 1.82) is 0 Å². The molecule has 0 radical (unpaired) electrons. The van der Waals surface area contributed by atoms with Crippen LogP contribution in [0.3, 0.4) is 0 Å². The van der Waals surface area contributed by atoms with E-state index in [0.717, 1.165) is 0 Å². The average Bonchev–Trinajstić information content (AvgIpc) is 1.25. The number of rotatable bonds is 0. The van der Waals surface area contributed by atoms with Crippen LogP contribution in [0.15, 0.2) is 0 Å². The molecule has 0 saturated heterocycles. The van der Waals surface area contributed by atoms with E-state index in [1.54, 1.807) is 0 Å². The summed E-state index contributed by atoms with van der Waals surface area (Å²) in [5, 5.41) is -1.42. The Labute approximate surface area is 61.4 Å². The third-order valence-corrected chi connectivity index (χ3v) is 6.76. The molecule has 0 amide bonds. The van der Waals surface area contributed by atoms with E-state index >= 15 is 0 Å². The van der Waals surface area contributed by atoms with Gasteiger partial charge in [-0.25, -0.2) is 0 Å². The van der Waals surface area contributed by atoms with Gasteiger partial charge in [-0.3, -0.25) is 0 Å². The van der Waals surface area contributed by atoms with Crippen LogP contribution in [0.25, 0.3) is 0 Å². The van der Waals surface area contributed by atoms with E-state index in [-0.39, 0.29) is 5.16 Å². The summed E-state index contributed by atoms with van der Waals surface area (Å²) in [6.45, 7) is 8.21. The average molecular weight is 171 g/mol. The van der Waals surface area contributed by atoms with Crippen LogP contribution in [0.4, 0.5) is 0 Å². The third-order valence-electron chi connectivity index (χ3n) is 1.20. The quantitative estimate of drug-likeness (QED) is 0.504. The van der Waals surface area contributed by atoms with Crippen LogP contribution in [-0.2, 0) is 11.8 Å². The van der Waals surface area contributed by atoms with Gasteiger partial charge in [0.05, 0.1) is 0 Å². The number of halogens is 1. The van der Waals surface area contributed by atoms with Crippen molar-refractivity contribution in [3.8, 4) is 0 Å². The number of hydrogen-bond donors (Lipinski definition) is 0. The maximum absolute atomic E-state index is 5.94. The minimum Gasteiger partial charge on any atom is -0.0853 e. The van der Waals surface area contributed by atoms with Crippen LogP contribution in [-0.4, -0.2) is 11.8 Å². The van der Waals surface area contributed by atoms with Crippen LogP contribution < -0.4 is 0 Å². The SMILES string of the molecule is CC(C)(C)P(C)(=S)Cl. The molecule has 1 atom stereocenters. The number of hydrogen-bond acceptors (Lipinski definition) is 1. The van der Waals surface area contributed by atoms with Crippen LogP contribution in [0, 0.1) is 0 Å². The largest absolute Gasteiger partial charge is 0.0853 e. The van der Waals surface area contributed by atoms with Crippen molar-refractivity contribution in [1.82, 2.24) is 0 Å². The highest BCUT2D eigenvalue weighted by Crippen LogP contribution is 2.59. The molecule has 0 aromatic heterocycles. The molecule has 1 unspecified atom stereocenters. The lowest BCUT2D eigenvalue weighted by Gasteiger charge is -2.24. The minimum absolute atomic E-state index is 0.129. The second-order valence-electron chi connectivity index (χ2n) is 2.99. The normalized spacial score (nSPS) is 20.1. The molecule has 0 heterocycles. The molecule has 0 saturated carbocycles. The fourth-order valence-corrected chi connectivity index (χ4v) is 0. The Morgan fingerprint density at radius 1 is 1.38 bits per heavy atom. The topological polar surface area (TPSA) is 0 Å². The summed E-state index contributed by atoms with van der Waals surface area (Å²) in [7, 11) is 0. The van der Waals surface area contributed by atoms with Crippen molar-refractivity contribution in [2.45, 2.75) is 25.9 Å². The highest BCUT2D eigenvalue weighted by molar-refractivity contribution is 8.27. The van der Waals surface area contributed by atoms with Gasteiger partial charge in [0.2, 0.25) is 0 Å². The van der Waals surface area contributed by atoms with E-state index in [1.165, 1.54) is 0 Å². The molecule has 50 valence electrons. The summed E-state index contributed by atoms with van der Waals surface area (Å²) in [6, 6.07) is 0. The lowest BCUT2D eigenvalue weighted by molar-refractivity contribution is 0.792. The molecule has 0 N–H and O–H groups in total. The molecule has 0 aromatic carbocycles. The van der Waals surface area contributed by atoms with E-state index in [2.05, 4.69) is 20.8 Å². The zero-order valence-corrected chi connectivity index (χ0v) is 8.20. The molecule has 0 aliphatic heterocycles. The van der Waals surface area contributed by atoms with Gasteiger partial charge in [-0.2, -0.15) is 0 Å². The van der Waals surface area contributed by atoms with Crippen LogP contribution in [0.1, 0.15) is 20.8 Å². The molecule has 0 fully saturated rings. The van der Waals surface area contributed by atoms with Crippen LogP contribution >= 0.6 is 16.6 Å². The molecule has 0 rings (SSSR count). The van der Waals surface area contributed by atoms with Gasteiger partial charge in [0, 0.05) is 10.5 Å². The fraction of sp³-hybridized carbons (Fsp3) is 1.00. The first-order valence-electron chi connectivity index (χ1n) is 2.52. The van der Waals surface area contributed by atoms with Crippen molar-refractivity contribution >= 4 is 28.4 Å². The molecule has 0 nitrogen and oxygen atoms in total. The highest BCUT2D eigenvalue weighted by Gasteiger charge is 2.23. The molecule has 0 spiro atoms. The summed E-state index contributed by atoms with van der Waals surface area (Å²) in [4.78, 5) is 0. The lowest BCUT2D eigenvalue weighted by Crippen LogP contribution is -2.09. The van der Waals surface area contributed by atoms with E-state index in [9.17, 15) is 0 Å². The molecule has 3 heteroatoms. The van der Waals surface area contributed by atoms with Gasteiger partial charge in [-0.05, 0) is 6.66 Å². The zero-order chi connectivity index (χ0) is 7.00. The molecular formula is C5H12ClPS. The van der Waals surface area contributed by atoms with Crippen molar-refractivity contribution in [2.24, 2.45) is 0 Å². The first kappa shape index (κ1) is 8.94. The van der Waals surface area contributed by atoms with Crippen molar-refractivity contribution in [3.63, 3.8) is 0 Å². The van der Waals surface area contributed by atoms with Gasteiger partial charge in [0.1, 0.15) is 0 Å². The summed E-state index contributed by atoms with van der Waals surface area (Å²) in [5.41, 5.74) is 0. The Morgan fingerprint density at radius 2 is 1.50 bits per heavy atom. The van der Waals surface area contributed by atoms with E-state index in [0.29, 0.717) is 0 Å². The fourth-order valence-electron chi connectivity index (χ4n) is 0. The maximum Gasteiger partial charge on any atom is 0.0409 e. The van der Waals surface area contributed by atoms with E-state index < -0.39 is 5.39 Å². The first-order valence-corrected chi connectivity index (χ1v) is 6.68. The van der Waals surface area contributed by atoms with Crippen LogP contribution in [0.5, 0.6) is 0 Å². The standard InChI is InChI=1S/C5H12ClPS/c1-5(2,3)7(4,6)8/h1-4H3. The Bertz CT molecular complexity index is 119. The van der Waals surface area contributed by atoms with Gasteiger partial charge < -0.3 is 0 Å². The Hall–Kier alpha value is 0.940. The Morgan fingerprint density at radius 3 is 1.50 bits per heavy atom. The predicted octanol–water partition coefficient (Wildman–Crippen LogP) is 3.05. The van der Waals surface area contributed by atoms with Crippen molar-refractivity contribution in [2.75, 3.05) is 6.66 Å². The Balaban J connectivity index is 4.26. The van der Waals surface area contributed by atoms with Gasteiger partial charge in [-0.15, -0.1) is 0 Å². The summed E-state index contributed by atoms with van der Waals surface area (Å²) in [6.07, 6.45) is 0. The van der Waals surface area contributed by atoms with E-state index in [1.807, 2.05) is 6.66 Å². The summed E-state index contributed by atoms with van der Waals surface area (Å²) >= 11 is 11.0. The van der Waals surface area contributed by atoms with Gasteiger partial charge in [0.25, 0.3) is 0 Å². The molecule has 0 aliphatic carbocycles. The summed E-state index contributed by atoms with van der Waals surface area (Å²) in [5.74, 6) is 0. The molecule has 0 bridgehead atoms. The first-order chi connectivity index (χ1) is 3.25. The van der Waals surface area contributed by atoms with E-state index in [4.69, 9.17) is 23.0 Å².